The highest BCUT2D eigenvalue weighted by Crippen LogP contribution is 2.25. The van der Waals surface area contributed by atoms with Gasteiger partial charge in [0.25, 0.3) is 0 Å². The Labute approximate surface area is 118 Å². The molecule has 1 fully saturated rings. The molecule has 0 atom stereocenters. The zero-order valence-electron chi connectivity index (χ0n) is 11.6. The number of carbonyl (C=O) groups is 1. The second-order valence-electron chi connectivity index (χ2n) is 5.00. The van der Waals surface area contributed by atoms with Crippen LogP contribution in [0.25, 0.3) is 0 Å². The molecule has 2 rings (SSSR count). The third-order valence-electron chi connectivity index (χ3n) is 3.57. The van der Waals surface area contributed by atoms with Gasteiger partial charge in [0.2, 0.25) is 5.91 Å². The first kappa shape index (κ1) is 14.4. The zero-order chi connectivity index (χ0) is 14.4. The van der Waals surface area contributed by atoms with Gasteiger partial charge in [-0.2, -0.15) is 5.10 Å². The van der Waals surface area contributed by atoms with E-state index in [0.717, 1.165) is 25.7 Å². The molecule has 0 saturated heterocycles. The highest BCUT2D eigenvalue weighted by Gasteiger charge is 2.20. The van der Waals surface area contributed by atoms with Crippen LogP contribution in [0.5, 0.6) is 11.5 Å². The summed E-state index contributed by atoms with van der Waals surface area (Å²) in [5.41, 5.74) is 3.27. The molecule has 1 saturated carbocycles. The number of aromatic hydroxyl groups is 1. The number of methoxy groups -OCH3 is 1. The number of amides is 1. The maximum atomic E-state index is 11.9. The first-order valence-corrected chi connectivity index (χ1v) is 6.90. The quantitative estimate of drug-likeness (QED) is 0.655. The number of carbonyl (C=O) groups excluding carboxylic acids is 1. The van der Waals surface area contributed by atoms with Gasteiger partial charge in [0.1, 0.15) is 0 Å². The molecule has 1 amide bonds. The first-order chi connectivity index (χ1) is 9.70. The van der Waals surface area contributed by atoms with Crippen LogP contribution in [-0.2, 0) is 4.79 Å². The molecule has 5 heteroatoms. The maximum Gasteiger partial charge on any atom is 0.243 e. The van der Waals surface area contributed by atoms with Gasteiger partial charge in [-0.05, 0) is 36.6 Å². The van der Waals surface area contributed by atoms with Gasteiger partial charge in [-0.25, -0.2) is 5.43 Å². The molecule has 1 aromatic carbocycles. The second-order valence-corrected chi connectivity index (χ2v) is 5.00. The topological polar surface area (TPSA) is 70.9 Å². The van der Waals surface area contributed by atoms with Crippen molar-refractivity contribution < 1.29 is 14.6 Å². The van der Waals surface area contributed by atoms with E-state index in [1.807, 2.05) is 0 Å². The number of nitrogens with zero attached hydrogens (tertiary/aromatic N) is 1. The minimum absolute atomic E-state index is 0.0151. The smallest absolute Gasteiger partial charge is 0.243 e. The fourth-order valence-electron chi connectivity index (χ4n) is 2.41. The number of ether oxygens (including phenoxy) is 1. The summed E-state index contributed by atoms with van der Waals surface area (Å²) in [5, 5.41) is 13.6. The molecule has 1 aliphatic carbocycles. The van der Waals surface area contributed by atoms with Crippen molar-refractivity contribution in [2.45, 2.75) is 32.1 Å². The SMILES string of the molecule is COc1ccc(/C=N/NC(=O)C2CCCCC2)cc1O. The average Bonchev–Trinajstić information content (AvgIpc) is 2.48. The third kappa shape index (κ3) is 3.73. The van der Waals surface area contributed by atoms with E-state index in [4.69, 9.17) is 4.74 Å². The Morgan fingerprint density at radius 2 is 2.15 bits per heavy atom. The van der Waals surface area contributed by atoms with E-state index < -0.39 is 0 Å². The molecule has 0 unspecified atom stereocenters. The molecule has 0 radical (unpaired) electrons. The van der Waals surface area contributed by atoms with Gasteiger partial charge in [-0.15, -0.1) is 0 Å². The van der Waals surface area contributed by atoms with Crippen LogP contribution in [0.15, 0.2) is 23.3 Å². The predicted molar refractivity (Wildman–Crippen MR) is 77.0 cm³/mol. The third-order valence-corrected chi connectivity index (χ3v) is 3.57. The molecule has 1 aliphatic rings. The predicted octanol–water partition coefficient (Wildman–Crippen LogP) is 2.43. The Kier molecular flexibility index (Phi) is 4.98. The lowest BCUT2D eigenvalue weighted by Crippen LogP contribution is -2.28. The molecule has 0 aromatic heterocycles. The number of phenols is 1. The van der Waals surface area contributed by atoms with E-state index in [1.54, 1.807) is 12.1 Å². The molecule has 0 aliphatic heterocycles. The molecule has 0 bridgehead atoms. The molecule has 108 valence electrons. The lowest BCUT2D eigenvalue weighted by Gasteiger charge is -2.19. The molecular weight excluding hydrogens is 256 g/mol. The summed E-state index contributed by atoms with van der Waals surface area (Å²) in [7, 11) is 1.49. The van der Waals surface area contributed by atoms with Crippen molar-refractivity contribution in [1.29, 1.82) is 0 Å². The molecule has 0 spiro atoms. The molecule has 2 N–H and O–H groups in total. The Balaban J connectivity index is 1.89. The van der Waals surface area contributed by atoms with Gasteiger partial charge in [0.15, 0.2) is 11.5 Å². The van der Waals surface area contributed by atoms with Gasteiger partial charge in [0, 0.05) is 5.92 Å². The Morgan fingerprint density at radius 3 is 2.80 bits per heavy atom. The van der Waals surface area contributed by atoms with Crippen LogP contribution in [0.3, 0.4) is 0 Å². The number of phenolic OH excluding ortho intramolecular Hbond substituents is 1. The minimum Gasteiger partial charge on any atom is -0.504 e. The van der Waals surface area contributed by atoms with Crippen molar-refractivity contribution in [3.8, 4) is 11.5 Å². The molecule has 20 heavy (non-hydrogen) atoms. The number of hydrogen-bond donors (Lipinski definition) is 2. The number of rotatable bonds is 4. The van der Waals surface area contributed by atoms with Crippen molar-refractivity contribution in [2.75, 3.05) is 7.11 Å². The number of nitrogens with one attached hydrogen (secondary N) is 1. The van der Waals surface area contributed by atoms with Crippen LogP contribution in [-0.4, -0.2) is 24.3 Å². The lowest BCUT2D eigenvalue weighted by atomic mass is 9.89. The Bertz CT molecular complexity index is 494. The Hall–Kier alpha value is -2.04. The minimum atomic E-state index is -0.0151. The fraction of sp³-hybridized carbons (Fsp3) is 0.467. The fourth-order valence-corrected chi connectivity index (χ4v) is 2.41. The monoisotopic (exact) mass is 276 g/mol. The van der Waals surface area contributed by atoms with E-state index in [1.165, 1.54) is 25.8 Å². The van der Waals surface area contributed by atoms with Crippen molar-refractivity contribution in [1.82, 2.24) is 5.43 Å². The van der Waals surface area contributed by atoms with Crippen LogP contribution in [0.4, 0.5) is 0 Å². The first-order valence-electron chi connectivity index (χ1n) is 6.90. The van der Waals surface area contributed by atoms with E-state index in [0.29, 0.717) is 11.3 Å². The van der Waals surface area contributed by atoms with Gasteiger partial charge >= 0.3 is 0 Å². The van der Waals surface area contributed by atoms with Crippen LogP contribution in [0.1, 0.15) is 37.7 Å². The summed E-state index contributed by atoms with van der Waals surface area (Å²) in [6, 6.07) is 4.95. The average molecular weight is 276 g/mol. The summed E-state index contributed by atoms with van der Waals surface area (Å²) >= 11 is 0. The second kappa shape index (κ2) is 6.93. The van der Waals surface area contributed by atoms with Crippen molar-refractivity contribution in [2.24, 2.45) is 11.0 Å². The van der Waals surface area contributed by atoms with Crippen LogP contribution in [0.2, 0.25) is 0 Å². The zero-order valence-corrected chi connectivity index (χ0v) is 11.6. The Morgan fingerprint density at radius 1 is 1.40 bits per heavy atom. The largest absolute Gasteiger partial charge is 0.504 e. The number of hydrogen-bond acceptors (Lipinski definition) is 4. The van der Waals surface area contributed by atoms with Gasteiger partial charge in [0.05, 0.1) is 13.3 Å². The van der Waals surface area contributed by atoms with Gasteiger partial charge in [-0.1, -0.05) is 19.3 Å². The maximum absolute atomic E-state index is 11.9. The normalized spacial score (nSPS) is 16.2. The summed E-state index contributed by atoms with van der Waals surface area (Å²) < 4.78 is 4.96. The standard InChI is InChI=1S/C15H20N2O3/c1-20-14-8-7-11(9-13(14)18)10-16-17-15(19)12-5-3-2-4-6-12/h7-10,12,18H,2-6H2,1H3,(H,17,19)/b16-10+. The van der Waals surface area contributed by atoms with Crippen LogP contribution >= 0.6 is 0 Å². The summed E-state index contributed by atoms with van der Waals surface area (Å²) in [6.45, 7) is 0. The van der Waals surface area contributed by atoms with Crippen molar-refractivity contribution >= 4 is 12.1 Å². The van der Waals surface area contributed by atoms with E-state index >= 15 is 0 Å². The summed E-state index contributed by atoms with van der Waals surface area (Å²) in [4.78, 5) is 11.9. The highest BCUT2D eigenvalue weighted by molar-refractivity contribution is 5.84. The van der Waals surface area contributed by atoms with Gasteiger partial charge < -0.3 is 9.84 Å². The number of benzene rings is 1. The lowest BCUT2D eigenvalue weighted by molar-refractivity contribution is -0.125. The van der Waals surface area contributed by atoms with Crippen LogP contribution in [0, 0.1) is 5.92 Å². The summed E-state index contributed by atoms with van der Waals surface area (Å²) in [5.74, 6) is 0.535. The van der Waals surface area contributed by atoms with E-state index in [2.05, 4.69) is 10.5 Å². The molecule has 5 nitrogen and oxygen atoms in total. The van der Waals surface area contributed by atoms with E-state index in [-0.39, 0.29) is 17.6 Å². The molecule has 0 heterocycles. The van der Waals surface area contributed by atoms with Crippen molar-refractivity contribution in [3.63, 3.8) is 0 Å². The molecular formula is C15H20N2O3. The summed E-state index contributed by atoms with van der Waals surface area (Å²) in [6.07, 6.45) is 6.87. The number of hydrazone groups is 1. The highest BCUT2D eigenvalue weighted by atomic mass is 16.5. The van der Waals surface area contributed by atoms with Crippen LogP contribution < -0.4 is 10.2 Å². The van der Waals surface area contributed by atoms with E-state index in [9.17, 15) is 9.90 Å². The van der Waals surface area contributed by atoms with Crippen molar-refractivity contribution in [3.05, 3.63) is 23.8 Å². The van der Waals surface area contributed by atoms with Gasteiger partial charge in [-0.3, -0.25) is 4.79 Å². The molecule has 1 aromatic rings.